The highest BCUT2D eigenvalue weighted by Gasteiger charge is 2.19. The summed E-state index contributed by atoms with van der Waals surface area (Å²) >= 11 is 5.81. The minimum absolute atomic E-state index is 0.0409. The number of unbranched alkanes of at least 4 members (excludes halogenated alkanes) is 2. The van der Waals surface area contributed by atoms with Crippen LogP contribution in [-0.4, -0.2) is 37.1 Å². The summed E-state index contributed by atoms with van der Waals surface area (Å²) in [6, 6.07) is 3.43. The molecule has 1 aromatic rings. The molecule has 0 saturated carbocycles. The third-order valence-electron chi connectivity index (χ3n) is 2.83. The van der Waals surface area contributed by atoms with E-state index >= 15 is 0 Å². The van der Waals surface area contributed by atoms with Crippen molar-refractivity contribution in [3.63, 3.8) is 0 Å². The number of nitrogens with one attached hydrogen (secondary N) is 1. The fraction of sp³-hybridized carbons (Fsp3) is 0.385. The SMILES string of the molecule is O=C(O)CCCCCNS(=O)(=O)c1cc(C(=O)O)ccc1Cl. The molecular weight excluding hydrogens is 334 g/mol. The molecule has 22 heavy (non-hydrogen) atoms. The highest BCUT2D eigenvalue weighted by atomic mass is 35.5. The quantitative estimate of drug-likeness (QED) is 0.586. The van der Waals surface area contributed by atoms with E-state index in [9.17, 15) is 18.0 Å². The molecule has 0 spiro atoms. The standard InChI is InChI=1S/C13H16ClNO6S/c14-10-6-5-9(13(18)19)8-11(10)22(20,21)15-7-3-1-2-4-12(16)17/h5-6,8,15H,1-4,7H2,(H,16,17)(H,18,19). The van der Waals surface area contributed by atoms with Crippen LogP contribution in [0.4, 0.5) is 0 Å². The van der Waals surface area contributed by atoms with Gasteiger partial charge in [-0.15, -0.1) is 0 Å². The van der Waals surface area contributed by atoms with E-state index in [2.05, 4.69) is 4.72 Å². The Labute approximate surface area is 133 Å². The number of carboxylic acid groups (broad SMARTS) is 2. The summed E-state index contributed by atoms with van der Waals surface area (Å²) < 4.78 is 26.5. The molecule has 0 unspecified atom stereocenters. The van der Waals surface area contributed by atoms with Gasteiger partial charge in [0.15, 0.2) is 0 Å². The number of hydrogen-bond donors (Lipinski definition) is 3. The van der Waals surface area contributed by atoms with Gasteiger partial charge in [0.05, 0.1) is 10.6 Å². The van der Waals surface area contributed by atoms with Crippen molar-refractivity contribution in [1.29, 1.82) is 0 Å². The molecule has 0 amide bonds. The third kappa shape index (κ3) is 5.63. The zero-order valence-electron chi connectivity index (χ0n) is 11.6. The van der Waals surface area contributed by atoms with Crippen LogP contribution in [0.5, 0.6) is 0 Å². The Hall–Kier alpha value is -1.64. The molecule has 0 aliphatic heterocycles. The van der Waals surface area contributed by atoms with Gasteiger partial charge >= 0.3 is 11.9 Å². The van der Waals surface area contributed by atoms with Gasteiger partial charge in [0.25, 0.3) is 0 Å². The lowest BCUT2D eigenvalue weighted by molar-refractivity contribution is -0.137. The smallest absolute Gasteiger partial charge is 0.335 e. The molecule has 0 atom stereocenters. The van der Waals surface area contributed by atoms with E-state index in [1.807, 2.05) is 0 Å². The lowest BCUT2D eigenvalue weighted by Crippen LogP contribution is -2.25. The van der Waals surface area contributed by atoms with E-state index < -0.39 is 22.0 Å². The largest absolute Gasteiger partial charge is 0.481 e. The molecular formula is C13H16ClNO6S. The van der Waals surface area contributed by atoms with E-state index in [0.29, 0.717) is 19.3 Å². The molecule has 0 aliphatic carbocycles. The van der Waals surface area contributed by atoms with E-state index in [-0.39, 0.29) is 28.4 Å². The second-order valence-electron chi connectivity index (χ2n) is 4.55. The second kappa shape index (κ2) is 8.11. The van der Waals surface area contributed by atoms with Crippen LogP contribution in [0.15, 0.2) is 23.1 Å². The lowest BCUT2D eigenvalue weighted by Gasteiger charge is -2.09. The zero-order valence-corrected chi connectivity index (χ0v) is 13.2. The first-order chi connectivity index (χ1) is 10.2. The summed E-state index contributed by atoms with van der Waals surface area (Å²) in [5.41, 5.74) is -0.175. The Bertz CT molecular complexity index is 658. The summed E-state index contributed by atoms with van der Waals surface area (Å²) in [7, 11) is -3.91. The van der Waals surface area contributed by atoms with Crippen LogP contribution in [-0.2, 0) is 14.8 Å². The number of carbonyl (C=O) groups is 2. The maximum atomic E-state index is 12.1. The van der Waals surface area contributed by atoms with Gasteiger partial charge in [0.2, 0.25) is 10.0 Å². The number of rotatable bonds is 9. The van der Waals surface area contributed by atoms with Crippen LogP contribution in [0, 0.1) is 0 Å². The molecule has 122 valence electrons. The van der Waals surface area contributed by atoms with Gasteiger partial charge in [0, 0.05) is 13.0 Å². The highest BCUT2D eigenvalue weighted by Crippen LogP contribution is 2.22. The van der Waals surface area contributed by atoms with E-state index in [4.69, 9.17) is 21.8 Å². The fourth-order valence-corrected chi connectivity index (χ4v) is 3.30. The molecule has 1 aromatic carbocycles. The van der Waals surface area contributed by atoms with Crippen LogP contribution in [0.3, 0.4) is 0 Å². The predicted molar refractivity (Wildman–Crippen MR) is 79.7 cm³/mol. The average Bonchev–Trinajstić information content (AvgIpc) is 2.42. The normalized spacial score (nSPS) is 11.3. The van der Waals surface area contributed by atoms with Crippen molar-refractivity contribution in [3.8, 4) is 0 Å². The van der Waals surface area contributed by atoms with E-state index in [0.717, 1.165) is 6.07 Å². The maximum Gasteiger partial charge on any atom is 0.335 e. The predicted octanol–water partition coefficient (Wildman–Crippen LogP) is 1.96. The van der Waals surface area contributed by atoms with Crippen LogP contribution in [0.25, 0.3) is 0 Å². The summed E-state index contributed by atoms with van der Waals surface area (Å²) in [5, 5.41) is 17.3. The number of aromatic carboxylic acids is 1. The number of hydrogen-bond acceptors (Lipinski definition) is 4. The van der Waals surface area contributed by atoms with Crippen molar-refractivity contribution in [1.82, 2.24) is 4.72 Å². The van der Waals surface area contributed by atoms with Gasteiger partial charge in [-0.3, -0.25) is 4.79 Å². The summed E-state index contributed by atoms with van der Waals surface area (Å²) in [6.07, 6.45) is 1.55. The Morgan fingerprint density at radius 3 is 2.41 bits per heavy atom. The van der Waals surface area contributed by atoms with Gasteiger partial charge in [-0.25, -0.2) is 17.9 Å². The number of halogens is 1. The molecule has 0 heterocycles. The molecule has 0 radical (unpaired) electrons. The first-order valence-electron chi connectivity index (χ1n) is 6.48. The number of sulfonamides is 1. The highest BCUT2D eigenvalue weighted by molar-refractivity contribution is 7.89. The Balaban J connectivity index is 2.65. The lowest BCUT2D eigenvalue weighted by atomic mass is 10.2. The second-order valence-corrected chi connectivity index (χ2v) is 6.70. The van der Waals surface area contributed by atoms with Crippen molar-refractivity contribution in [2.45, 2.75) is 30.6 Å². The molecule has 1 rings (SSSR count). The monoisotopic (exact) mass is 349 g/mol. The minimum atomic E-state index is -3.91. The van der Waals surface area contributed by atoms with Crippen LogP contribution < -0.4 is 4.72 Å². The number of aliphatic carboxylic acids is 1. The molecule has 9 heteroatoms. The fourth-order valence-electron chi connectivity index (χ4n) is 1.70. The van der Waals surface area contributed by atoms with Gasteiger partial charge in [-0.2, -0.15) is 0 Å². The van der Waals surface area contributed by atoms with Crippen molar-refractivity contribution in [2.75, 3.05) is 6.54 Å². The van der Waals surface area contributed by atoms with Crippen LogP contribution >= 0.6 is 11.6 Å². The Morgan fingerprint density at radius 1 is 1.14 bits per heavy atom. The summed E-state index contributed by atoms with van der Waals surface area (Å²) in [4.78, 5) is 20.9. The average molecular weight is 350 g/mol. The molecule has 0 fully saturated rings. The van der Waals surface area contributed by atoms with Gasteiger partial charge in [-0.1, -0.05) is 18.0 Å². The molecule has 0 aromatic heterocycles. The number of carboxylic acids is 2. The Morgan fingerprint density at radius 2 is 1.82 bits per heavy atom. The van der Waals surface area contributed by atoms with Crippen LogP contribution in [0.1, 0.15) is 36.0 Å². The first kappa shape index (κ1) is 18.4. The zero-order chi connectivity index (χ0) is 16.8. The minimum Gasteiger partial charge on any atom is -0.481 e. The topological polar surface area (TPSA) is 121 Å². The van der Waals surface area contributed by atoms with Crippen LogP contribution in [0.2, 0.25) is 5.02 Å². The molecule has 0 aliphatic rings. The number of benzene rings is 1. The van der Waals surface area contributed by atoms with Crippen molar-refractivity contribution in [2.24, 2.45) is 0 Å². The first-order valence-corrected chi connectivity index (χ1v) is 8.34. The maximum absolute atomic E-state index is 12.1. The van der Waals surface area contributed by atoms with Crippen molar-refractivity contribution < 1.29 is 28.2 Å². The van der Waals surface area contributed by atoms with Gasteiger partial charge in [-0.05, 0) is 31.0 Å². The molecule has 7 nitrogen and oxygen atoms in total. The molecule has 0 bridgehead atoms. The van der Waals surface area contributed by atoms with Gasteiger partial charge < -0.3 is 10.2 Å². The molecule has 0 saturated heterocycles. The van der Waals surface area contributed by atoms with E-state index in [1.54, 1.807) is 0 Å². The van der Waals surface area contributed by atoms with Gasteiger partial charge in [0.1, 0.15) is 4.90 Å². The third-order valence-corrected chi connectivity index (χ3v) is 4.77. The Kier molecular flexibility index (Phi) is 6.79. The summed E-state index contributed by atoms with van der Waals surface area (Å²) in [6.45, 7) is 0.121. The van der Waals surface area contributed by atoms with Crippen molar-refractivity contribution in [3.05, 3.63) is 28.8 Å². The van der Waals surface area contributed by atoms with Crippen molar-refractivity contribution >= 4 is 33.6 Å². The van der Waals surface area contributed by atoms with E-state index in [1.165, 1.54) is 12.1 Å². The molecule has 3 N–H and O–H groups in total. The summed E-state index contributed by atoms with van der Waals surface area (Å²) in [5.74, 6) is -2.14.